The van der Waals surface area contributed by atoms with E-state index < -0.39 is 0 Å². The van der Waals surface area contributed by atoms with Crippen LogP contribution < -0.4 is 4.57 Å². The lowest BCUT2D eigenvalue weighted by Gasteiger charge is -1.66. The van der Waals surface area contributed by atoms with Gasteiger partial charge in [0.15, 0.2) is 0 Å². The fraction of sp³-hybridized carbons (Fsp3) is 0.200. The minimum atomic E-state index is 1.33. The summed E-state index contributed by atoms with van der Waals surface area (Å²) in [7, 11) is 1.97. The molecule has 0 unspecified atom stereocenters. The third kappa shape index (κ3) is 4.78. The van der Waals surface area contributed by atoms with Crippen molar-refractivity contribution < 1.29 is 4.57 Å². The quantitative estimate of drug-likeness (QED) is 0.310. The van der Waals surface area contributed by atoms with Crippen molar-refractivity contribution >= 4 is 12.6 Å². The first-order valence-corrected chi connectivity index (χ1v) is 2.71. The number of aryl methyl sites for hydroxylation is 1. The second kappa shape index (κ2) is 5.06. The molecule has 0 fully saturated rings. The van der Waals surface area contributed by atoms with Gasteiger partial charge in [0.05, 0.1) is 7.05 Å². The third-order valence-electron chi connectivity index (χ3n) is 0.684. The molecule has 48 valence electrons. The monoisotopic (exact) mass is 141 g/mol. The molecule has 1 aromatic rings. The van der Waals surface area contributed by atoms with Crippen molar-refractivity contribution in [1.82, 2.24) is 4.98 Å². The molecule has 3 nitrogen and oxygen atoms in total. The molecular weight excluding hydrogens is 134 g/mol. The predicted octanol–water partition coefficient (Wildman–Crippen LogP) is -0.146. The van der Waals surface area contributed by atoms with E-state index in [-0.39, 0.29) is 0 Å². The Bertz CT molecular complexity index is 175. The highest BCUT2D eigenvalue weighted by Gasteiger charge is 1.78. The molecule has 1 heterocycles. The molecule has 0 radical (unpaired) electrons. The number of nitrogens with one attached hydrogen (secondary N) is 1. The third-order valence-corrected chi connectivity index (χ3v) is 0.684. The Morgan fingerprint density at radius 1 is 1.78 bits per heavy atom. The van der Waals surface area contributed by atoms with Gasteiger partial charge in [-0.15, -0.1) is 0 Å². The lowest BCUT2D eigenvalue weighted by atomic mass is 10.9. The van der Waals surface area contributed by atoms with Crippen LogP contribution in [0.2, 0.25) is 0 Å². The highest BCUT2D eigenvalue weighted by atomic mass is 32.1. The highest BCUT2D eigenvalue weighted by molar-refractivity contribution is 7.64. The first kappa shape index (κ1) is 7.92. The van der Waals surface area contributed by atoms with E-state index in [0.29, 0.717) is 0 Å². The van der Waals surface area contributed by atoms with Crippen LogP contribution in [-0.4, -0.2) is 4.98 Å². The Hall–Kier alpha value is -1.08. The van der Waals surface area contributed by atoms with Gasteiger partial charge in [-0.2, -0.15) is 0 Å². The van der Waals surface area contributed by atoms with Crippen molar-refractivity contribution in [1.29, 1.82) is 5.26 Å². The molecule has 0 bridgehead atoms. The smallest absolute Gasteiger partial charge is 0.241 e. The second-order valence-electron chi connectivity index (χ2n) is 1.37. The van der Waals surface area contributed by atoms with Crippen molar-refractivity contribution in [2.45, 2.75) is 0 Å². The van der Waals surface area contributed by atoms with Gasteiger partial charge < -0.3 is 12.6 Å². The van der Waals surface area contributed by atoms with Gasteiger partial charge in [0.2, 0.25) is 6.33 Å². The molecule has 1 N–H and O–H groups in total. The largest absolute Gasteiger partial charge is 0.696 e. The average Bonchev–Trinajstić information content (AvgIpc) is 2.20. The Balaban J connectivity index is 0.000000187. The van der Waals surface area contributed by atoms with Gasteiger partial charge >= 0.3 is 0 Å². The van der Waals surface area contributed by atoms with Gasteiger partial charge in [-0.3, -0.25) is 4.98 Å². The number of hydrogen-bond donors (Lipinski definition) is 1. The zero-order valence-electron chi connectivity index (χ0n) is 5.03. The van der Waals surface area contributed by atoms with Crippen LogP contribution in [0, 0.1) is 10.7 Å². The number of aromatic nitrogens is 2. The van der Waals surface area contributed by atoms with Crippen molar-refractivity contribution in [3.63, 3.8) is 0 Å². The molecule has 1 rings (SSSR count). The summed E-state index contributed by atoms with van der Waals surface area (Å²) in [4.78, 5) is 2.89. The molecule has 0 saturated carbocycles. The van der Waals surface area contributed by atoms with Gasteiger partial charge in [0.25, 0.3) is 0 Å². The first-order chi connectivity index (χ1) is 4.31. The number of rotatable bonds is 0. The van der Waals surface area contributed by atoms with Crippen LogP contribution in [-0.2, 0) is 19.7 Å². The van der Waals surface area contributed by atoms with Gasteiger partial charge in [-0.25, -0.2) is 9.83 Å². The summed E-state index contributed by atoms with van der Waals surface area (Å²) in [5.74, 6) is 0. The fourth-order valence-electron chi connectivity index (χ4n) is 0.364. The van der Waals surface area contributed by atoms with Gasteiger partial charge in [0.1, 0.15) is 12.4 Å². The van der Waals surface area contributed by atoms with E-state index in [1.165, 1.54) is 5.40 Å². The maximum absolute atomic E-state index is 7.13. The van der Waals surface area contributed by atoms with E-state index >= 15 is 0 Å². The summed E-state index contributed by atoms with van der Waals surface area (Å²) >= 11 is 3.70. The lowest BCUT2D eigenvalue weighted by molar-refractivity contribution is -0.670. The van der Waals surface area contributed by atoms with Gasteiger partial charge in [-0.05, 0) is 0 Å². The molecule has 4 heteroatoms. The Kier molecular flexibility index (Phi) is 4.46. The van der Waals surface area contributed by atoms with Crippen LogP contribution in [0.3, 0.4) is 0 Å². The molecular formula is C5H7N3S. The zero-order chi connectivity index (χ0) is 7.11. The van der Waals surface area contributed by atoms with Crippen LogP contribution in [0.5, 0.6) is 0 Å². The minimum Gasteiger partial charge on any atom is -0.696 e. The summed E-state index contributed by atoms with van der Waals surface area (Å²) in [6.45, 7) is 0. The van der Waals surface area contributed by atoms with Crippen LogP contribution in [0.4, 0.5) is 0 Å². The van der Waals surface area contributed by atoms with Crippen LogP contribution >= 0.6 is 0 Å². The zero-order valence-corrected chi connectivity index (χ0v) is 5.85. The van der Waals surface area contributed by atoms with E-state index in [1.807, 2.05) is 30.3 Å². The molecule has 0 aliphatic carbocycles. The topological polar surface area (TPSA) is 43.5 Å². The Labute approximate surface area is 59.4 Å². The van der Waals surface area contributed by atoms with Crippen molar-refractivity contribution in [2.24, 2.45) is 7.05 Å². The molecule has 0 atom stereocenters. The second-order valence-corrected chi connectivity index (χ2v) is 1.55. The lowest BCUT2D eigenvalue weighted by Crippen LogP contribution is -2.22. The summed E-state index contributed by atoms with van der Waals surface area (Å²) in [6.07, 6.45) is 5.69. The van der Waals surface area contributed by atoms with Crippen LogP contribution in [0.1, 0.15) is 0 Å². The Morgan fingerprint density at radius 2 is 2.33 bits per heavy atom. The number of nitrogens with zero attached hydrogens (tertiary/aromatic N) is 2. The average molecular weight is 141 g/mol. The van der Waals surface area contributed by atoms with Crippen molar-refractivity contribution in [2.75, 3.05) is 0 Å². The summed E-state index contributed by atoms with van der Waals surface area (Å²) < 4.78 is 1.94. The van der Waals surface area contributed by atoms with Gasteiger partial charge in [-0.1, -0.05) is 5.40 Å². The first-order valence-electron chi connectivity index (χ1n) is 2.30. The number of thiocyanates is 1. The van der Waals surface area contributed by atoms with Crippen molar-refractivity contribution in [3.8, 4) is 5.40 Å². The minimum absolute atomic E-state index is 1.33. The Morgan fingerprint density at radius 3 is 2.44 bits per heavy atom. The van der Waals surface area contributed by atoms with E-state index in [2.05, 4.69) is 17.6 Å². The fourth-order valence-corrected chi connectivity index (χ4v) is 0.364. The maximum atomic E-state index is 7.13. The molecule has 0 aromatic carbocycles. The van der Waals surface area contributed by atoms with Crippen molar-refractivity contribution in [3.05, 3.63) is 18.7 Å². The molecule has 0 amide bonds. The predicted molar refractivity (Wildman–Crippen MR) is 34.9 cm³/mol. The number of hydrogen-bond acceptors (Lipinski definition) is 2. The maximum Gasteiger partial charge on any atom is 0.241 e. The summed E-state index contributed by atoms with van der Waals surface area (Å²) in [5.41, 5.74) is 0. The van der Waals surface area contributed by atoms with E-state index in [1.54, 1.807) is 0 Å². The number of aromatic amines is 1. The standard InChI is InChI=1S/C4H6N2.CHNS/c1-6-3-2-5-4-6;2-1-3/h2-4H,1H3;3H. The molecule has 9 heavy (non-hydrogen) atoms. The van der Waals surface area contributed by atoms with E-state index in [9.17, 15) is 0 Å². The summed E-state index contributed by atoms with van der Waals surface area (Å²) in [5, 5.41) is 8.47. The molecule has 0 aliphatic heterocycles. The molecule has 0 spiro atoms. The SMILES string of the molecule is C[n+]1cc[nH]c1.N#C[S-]. The molecule has 0 aliphatic rings. The molecule has 1 aromatic heterocycles. The number of nitriles is 1. The number of imidazole rings is 1. The van der Waals surface area contributed by atoms with E-state index in [0.717, 1.165) is 0 Å². The van der Waals surface area contributed by atoms with Crippen LogP contribution in [0.15, 0.2) is 18.7 Å². The number of H-pyrrole nitrogens is 1. The van der Waals surface area contributed by atoms with E-state index in [4.69, 9.17) is 5.26 Å². The normalized spacial score (nSPS) is 6.67. The van der Waals surface area contributed by atoms with Crippen LogP contribution in [0.25, 0.3) is 0 Å². The highest BCUT2D eigenvalue weighted by Crippen LogP contribution is 1.59. The summed E-state index contributed by atoms with van der Waals surface area (Å²) in [6, 6.07) is 0. The van der Waals surface area contributed by atoms with Gasteiger partial charge in [0, 0.05) is 0 Å². The molecule has 0 saturated heterocycles.